The molecule has 0 spiro atoms. The van der Waals surface area contributed by atoms with Crippen molar-refractivity contribution in [2.24, 2.45) is 5.92 Å². The van der Waals surface area contributed by atoms with Gasteiger partial charge in [0.15, 0.2) is 5.76 Å². The Balaban J connectivity index is 1.77. The van der Waals surface area contributed by atoms with E-state index in [4.69, 9.17) is 4.52 Å². The van der Waals surface area contributed by atoms with Crippen LogP contribution in [-0.4, -0.2) is 36.7 Å². The van der Waals surface area contributed by atoms with Gasteiger partial charge in [-0.05, 0) is 45.8 Å². The van der Waals surface area contributed by atoms with Crippen molar-refractivity contribution in [3.63, 3.8) is 0 Å². The molecule has 1 N–H and O–H groups in total. The molecule has 4 heteroatoms. The van der Waals surface area contributed by atoms with Crippen LogP contribution in [0.2, 0.25) is 0 Å². The molecule has 90 valence electrons. The zero-order chi connectivity index (χ0) is 11.4. The first-order chi connectivity index (χ1) is 7.74. The van der Waals surface area contributed by atoms with Crippen molar-refractivity contribution >= 4 is 0 Å². The van der Waals surface area contributed by atoms with E-state index in [1.807, 2.05) is 13.0 Å². The monoisotopic (exact) mass is 223 g/mol. The van der Waals surface area contributed by atoms with Crippen molar-refractivity contribution in [1.29, 1.82) is 0 Å². The molecule has 0 bridgehead atoms. The molecule has 0 amide bonds. The van der Waals surface area contributed by atoms with Crippen molar-refractivity contribution in [2.45, 2.75) is 26.3 Å². The number of aromatic nitrogens is 1. The summed E-state index contributed by atoms with van der Waals surface area (Å²) < 4.78 is 5.22. The highest BCUT2D eigenvalue weighted by Crippen LogP contribution is 2.13. The lowest BCUT2D eigenvalue weighted by Crippen LogP contribution is -2.36. The van der Waals surface area contributed by atoms with Crippen molar-refractivity contribution in [1.82, 2.24) is 15.4 Å². The highest BCUT2D eigenvalue weighted by atomic mass is 16.5. The minimum absolute atomic E-state index is 0.780. The summed E-state index contributed by atoms with van der Waals surface area (Å²) in [5.41, 5.74) is 0.961. The number of hydrogen-bond acceptors (Lipinski definition) is 4. The topological polar surface area (TPSA) is 41.3 Å². The molecule has 16 heavy (non-hydrogen) atoms. The normalized spacial score (nSPS) is 21.6. The Morgan fingerprint density at radius 1 is 1.62 bits per heavy atom. The van der Waals surface area contributed by atoms with Crippen LogP contribution in [-0.2, 0) is 6.54 Å². The second-order valence-electron chi connectivity index (χ2n) is 4.84. The maximum atomic E-state index is 5.22. The van der Waals surface area contributed by atoms with Gasteiger partial charge >= 0.3 is 0 Å². The molecule has 1 unspecified atom stereocenters. The van der Waals surface area contributed by atoms with E-state index in [-0.39, 0.29) is 0 Å². The summed E-state index contributed by atoms with van der Waals surface area (Å²) in [7, 11) is 2.15. The van der Waals surface area contributed by atoms with Gasteiger partial charge in [0.1, 0.15) is 0 Å². The summed E-state index contributed by atoms with van der Waals surface area (Å²) in [6, 6.07) is 2.01. The van der Waals surface area contributed by atoms with E-state index in [2.05, 4.69) is 22.4 Å². The van der Waals surface area contributed by atoms with Gasteiger partial charge in [0.2, 0.25) is 0 Å². The zero-order valence-electron chi connectivity index (χ0n) is 10.2. The largest absolute Gasteiger partial charge is 0.360 e. The number of rotatable bonds is 4. The molecule has 1 fully saturated rings. The first-order valence-electron chi connectivity index (χ1n) is 6.05. The first-order valence-corrected chi connectivity index (χ1v) is 6.05. The molecule has 0 saturated carbocycles. The van der Waals surface area contributed by atoms with Gasteiger partial charge in [-0.25, -0.2) is 0 Å². The van der Waals surface area contributed by atoms with Gasteiger partial charge in [-0.3, -0.25) is 4.90 Å². The molecule has 2 heterocycles. The van der Waals surface area contributed by atoms with Crippen molar-refractivity contribution < 1.29 is 4.52 Å². The Labute approximate surface area is 97.0 Å². The lowest BCUT2D eigenvalue weighted by atomic mass is 9.99. The lowest BCUT2D eigenvalue weighted by molar-refractivity contribution is 0.216. The van der Waals surface area contributed by atoms with Gasteiger partial charge < -0.3 is 9.84 Å². The van der Waals surface area contributed by atoms with Gasteiger partial charge in [0, 0.05) is 12.6 Å². The summed E-state index contributed by atoms with van der Waals surface area (Å²) in [5.74, 6) is 1.74. The second kappa shape index (κ2) is 5.46. The smallest absolute Gasteiger partial charge is 0.150 e. The van der Waals surface area contributed by atoms with Crippen LogP contribution in [0.4, 0.5) is 0 Å². The minimum atomic E-state index is 0.780. The molecule has 1 aromatic rings. The molecular weight excluding hydrogens is 202 g/mol. The third-order valence-electron chi connectivity index (χ3n) is 3.07. The van der Waals surface area contributed by atoms with Gasteiger partial charge in [-0.15, -0.1) is 0 Å². The molecule has 1 aliphatic heterocycles. The van der Waals surface area contributed by atoms with Crippen LogP contribution < -0.4 is 5.32 Å². The lowest BCUT2D eigenvalue weighted by Gasteiger charge is -2.26. The molecule has 1 aromatic heterocycles. The Bertz CT molecular complexity index is 318. The molecule has 1 atom stereocenters. The van der Waals surface area contributed by atoms with E-state index < -0.39 is 0 Å². The number of aryl methyl sites for hydroxylation is 1. The van der Waals surface area contributed by atoms with Crippen LogP contribution >= 0.6 is 0 Å². The van der Waals surface area contributed by atoms with Gasteiger partial charge in [0.25, 0.3) is 0 Å². The number of nitrogens with one attached hydrogen (secondary N) is 1. The third-order valence-corrected chi connectivity index (χ3v) is 3.07. The quantitative estimate of drug-likeness (QED) is 0.838. The Kier molecular flexibility index (Phi) is 3.96. The molecule has 1 aliphatic rings. The average Bonchev–Trinajstić information content (AvgIpc) is 2.65. The summed E-state index contributed by atoms with van der Waals surface area (Å²) in [6.07, 6.45) is 2.65. The second-order valence-corrected chi connectivity index (χ2v) is 4.84. The summed E-state index contributed by atoms with van der Waals surface area (Å²) in [5, 5.41) is 7.35. The molecular formula is C12H21N3O. The third kappa shape index (κ3) is 3.32. The fourth-order valence-electron chi connectivity index (χ4n) is 2.34. The zero-order valence-corrected chi connectivity index (χ0v) is 10.2. The van der Waals surface area contributed by atoms with Crippen LogP contribution in [0.1, 0.15) is 24.3 Å². The van der Waals surface area contributed by atoms with Gasteiger partial charge in [0.05, 0.1) is 12.2 Å². The van der Waals surface area contributed by atoms with E-state index in [1.54, 1.807) is 0 Å². The molecule has 0 aromatic carbocycles. The highest BCUT2D eigenvalue weighted by molar-refractivity contribution is 5.02. The molecule has 4 nitrogen and oxygen atoms in total. The van der Waals surface area contributed by atoms with Crippen molar-refractivity contribution in [3.8, 4) is 0 Å². The van der Waals surface area contributed by atoms with Crippen LogP contribution in [0.25, 0.3) is 0 Å². The van der Waals surface area contributed by atoms with Crippen molar-refractivity contribution in [3.05, 3.63) is 17.5 Å². The van der Waals surface area contributed by atoms with E-state index >= 15 is 0 Å². The Morgan fingerprint density at radius 2 is 2.50 bits per heavy atom. The molecule has 0 radical (unpaired) electrons. The highest BCUT2D eigenvalue weighted by Gasteiger charge is 2.15. The van der Waals surface area contributed by atoms with Crippen LogP contribution in [0.3, 0.4) is 0 Å². The fourth-order valence-corrected chi connectivity index (χ4v) is 2.34. The number of hydrogen-bond donors (Lipinski definition) is 1. The van der Waals surface area contributed by atoms with Crippen molar-refractivity contribution in [2.75, 3.05) is 26.7 Å². The predicted molar refractivity (Wildman–Crippen MR) is 63.2 cm³/mol. The van der Waals surface area contributed by atoms with Gasteiger partial charge in [-0.2, -0.15) is 0 Å². The first kappa shape index (κ1) is 11.6. The van der Waals surface area contributed by atoms with Gasteiger partial charge in [-0.1, -0.05) is 5.16 Å². The molecule has 1 saturated heterocycles. The number of nitrogens with zero attached hydrogens (tertiary/aromatic N) is 2. The van der Waals surface area contributed by atoms with E-state index in [0.29, 0.717) is 0 Å². The molecule has 2 rings (SSSR count). The Morgan fingerprint density at radius 3 is 3.12 bits per heavy atom. The maximum Gasteiger partial charge on any atom is 0.150 e. The fraction of sp³-hybridized carbons (Fsp3) is 0.750. The predicted octanol–water partition coefficient (Wildman–Crippen LogP) is 1.41. The summed E-state index contributed by atoms with van der Waals surface area (Å²) in [6.45, 7) is 6.28. The molecule has 0 aliphatic carbocycles. The van der Waals surface area contributed by atoms with E-state index in [9.17, 15) is 0 Å². The SMILES string of the molecule is Cc1cc(CN(C)CC2CCCNC2)on1. The standard InChI is InChI=1S/C12H21N3O/c1-10-6-12(16-14-10)9-15(2)8-11-4-3-5-13-7-11/h6,11,13H,3-5,7-9H2,1-2H3. The van der Waals surface area contributed by atoms with Crippen LogP contribution in [0, 0.1) is 12.8 Å². The maximum absolute atomic E-state index is 5.22. The number of piperidine rings is 1. The Hall–Kier alpha value is -0.870. The van der Waals surface area contributed by atoms with E-state index in [0.717, 1.165) is 37.0 Å². The average molecular weight is 223 g/mol. The van der Waals surface area contributed by atoms with E-state index in [1.165, 1.54) is 19.4 Å². The van der Waals surface area contributed by atoms with Crippen LogP contribution in [0.5, 0.6) is 0 Å². The summed E-state index contributed by atoms with van der Waals surface area (Å²) >= 11 is 0. The minimum Gasteiger partial charge on any atom is -0.360 e. The summed E-state index contributed by atoms with van der Waals surface area (Å²) in [4.78, 5) is 2.32. The van der Waals surface area contributed by atoms with Crippen LogP contribution in [0.15, 0.2) is 10.6 Å².